The third kappa shape index (κ3) is 3.33. The average Bonchev–Trinajstić information content (AvgIpc) is 3.36. The molecule has 1 aromatic carbocycles. The fraction of sp³-hybridized carbons (Fsp3) is 0.316. The molecule has 1 unspecified atom stereocenters. The van der Waals surface area contributed by atoms with E-state index in [1.54, 1.807) is 11.6 Å². The molecule has 1 aliphatic rings. The Labute approximate surface area is 162 Å². The fourth-order valence-corrected chi connectivity index (χ4v) is 5.24. The van der Waals surface area contributed by atoms with Gasteiger partial charge in [-0.25, -0.2) is 8.42 Å². The monoisotopic (exact) mass is 400 g/mol. The van der Waals surface area contributed by atoms with Crippen molar-refractivity contribution in [3.63, 3.8) is 0 Å². The third-order valence-corrected chi connectivity index (χ3v) is 6.72. The molecule has 4 rings (SSSR count). The minimum absolute atomic E-state index is 0.0755. The number of anilines is 1. The predicted molar refractivity (Wildman–Crippen MR) is 104 cm³/mol. The van der Waals surface area contributed by atoms with Gasteiger partial charge < -0.3 is 9.84 Å². The molecule has 1 N–H and O–H groups in total. The largest absolute Gasteiger partial charge is 0.355 e. The maximum Gasteiger partial charge on any atom is 0.261 e. The molecule has 1 amide bonds. The first-order valence-electron chi connectivity index (χ1n) is 8.93. The second-order valence-electron chi connectivity index (χ2n) is 6.94. The van der Waals surface area contributed by atoms with E-state index in [-0.39, 0.29) is 23.5 Å². The normalized spacial score (nSPS) is 18.3. The number of sulfone groups is 1. The van der Waals surface area contributed by atoms with Gasteiger partial charge in [-0.15, -0.1) is 0 Å². The second kappa shape index (κ2) is 6.90. The summed E-state index contributed by atoms with van der Waals surface area (Å²) in [5.41, 5.74) is 3.01. The van der Waals surface area contributed by atoms with E-state index >= 15 is 0 Å². The van der Waals surface area contributed by atoms with E-state index in [9.17, 15) is 13.2 Å². The first-order chi connectivity index (χ1) is 13.4. The van der Waals surface area contributed by atoms with Gasteiger partial charge >= 0.3 is 0 Å². The highest BCUT2D eigenvalue weighted by molar-refractivity contribution is 7.91. The van der Waals surface area contributed by atoms with Crippen LogP contribution in [-0.4, -0.2) is 40.8 Å². The van der Waals surface area contributed by atoms with Crippen molar-refractivity contribution >= 4 is 21.4 Å². The van der Waals surface area contributed by atoms with Crippen LogP contribution in [0.3, 0.4) is 0 Å². The summed E-state index contributed by atoms with van der Waals surface area (Å²) in [7, 11) is -3.03. The van der Waals surface area contributed by atoms with E-state index in [4.69, 9.17) is 4.52 Å². The molecule has 9 heteroatoms. The number of carbonyl (C=O) groups is 1. The number of nitrogens with one attached hydrogen (secondary N) is 1. The predicted octanol–water partition coefficient (Wildman–Crippen LogP) is 2.77. The van der Waals surface area contributed by atoms with Gasteiger partial charge in [-0.1, -0.05) is 35.5 Å². The second-order valence-corrected chi connectivity index (χ2v) is 9.16. The van der Waals surface area contributed by atoms with E-state index in [0.29, 0.717) is 29.1 Å². The van der Waals surface area contributed by atoms with Gasteiger partial charge in [-0.05, 0) is 20.3 Å². The molecule has 0 aliphatic carbocycles. The fourth-order valence-electron chi connectivity index (χ4n) is 3.55. The van der Waals surface area contributed by atoms with Gasteiger partial charge in [0, 0.05) is 5.56 Å². The van der Waals surface area contributed by atoms with Crippen LogP contribution in [0.25, 0.3) is 11.3 Å². The van der Waals surface area contributed by atoms with Crippen molar-refractivity contribution in [2.24, 2.45) is 0 Å². The number of aryl methyl sites for hydroxylation is 1. The van der Waals surface area contributed by atoms with Crippen molar-refractivity contribution in [1.82, 2.24) is 14.9 Å². The SMILES string of the molecule is Cc1nn(C2CCS(=O)(=O)C2)c(C)c1NC(=O)c1cnoc1-c1ccccc1. The summed E-state index contributed by atoms with van der Waals surface area (Å²) in [5, 5.41) is 11.1. The third-order valence-electron chi connectivity index (χ3n) is 4.97. The zero-order valence-electron chi connectivity index (χ0n) is 15.5. The molecule has 146 valence electrons. The summed E-state index contributed by atoms with van der Waals surface area (Å²) in [6, 6.07) is 9.06. The Bertz CT molecular complexity index is 1130. The van der Waals surface area contributed by atoms with Gasteiger partial charge in [0.15, 0.2) is 15.6 Å². The summed E-state index contributed by atoms with van der Waals surface area (Å²) in [5.74, 6) is 0.276. The molecule has 0 spiro atoms. The summed E-state index contributed by atoms with van der Waals surface area (Å²) < 4.78 is 30.6. The van der Waals surface area contributed by atoms with Crippen LogP contribution in [0.4, 0.5) is 5.69 Å². The lowest BCUT2D eigenvalue weighted by Crippen LogP contribution is -2.15. The summed E-state index contributed by atoms with van der Waals surface area (Å²) >= 11 is 0. The minimum atomic E-state index is -3.03. The van der Waals surface area contributed by atoms with Crippen LogP contribution in [0.15, 0.2) is 41.1 Å². The Morgan fingerprint density at radius 1 is 1.25 bits per heavy atom. The minimum Gasteiger partial charge on any atom is -0.355 e. The number of rotatable bonds is 4. The van der Waals surface area contributed by atoms with Crippen LogP contribution in [0.1, 0.15) is 34.2 Å². The lowest BCUT2D eigenvalue weighted by Gasteiger charge is -2.11. The molecular formula is C19H20N4O4S. The van der Waals surface area contributed by atoms with Crippen LogP contribution >= 0.6 is 0 Å². The number of amides is 1. The molecule has 8 nitrogen and oxygen atoms in total. The number of hydrogen-bond donors (Lipinski definition) is 1. The Balaban J connectivity index is 1.61. The van der Waals surface area contributed by atoms with E-state index in [2.05, 4.69) is 15.6 Å². The summed E-state index contributed by atoms with van der Waals surface area (Å²) in [6.45, 7) is 3.61. The Morgan fingerprint density at radius 2 is 2.00 bits per heavy atom. The smallest absolute Gasteiger partial charge is 0.261 e. The quantitative estimate of drug-likeness (QED) is 0.722. The molecule has 28 heavy (non-hydrogen) atoms. The Kier molecular flexibility index (Phi) is 4.54. The van der Waals surface area contributed by atoms with E-state index < -0.39 is 9.84 Å². The molecule has 1 aliphatic heterocycles. The van der Waals surface area contributed by atoms with Gasteiger partial charge in [0.05, 0.1) is 40.8 Å². The van der Waals surface area contributed by atoms with Crippen molar-refractivity contribution in [3.05, 3.63) is 53.5 Å². The standard InChI is InChI=1S/C19H20N4O4S/c1-12-17(13(2)23(22-12)15-8-9-28(25,26)11-15)21-19(24)16-10-20-27-18(16)14-6-4-3-5-7-14/h3-7,10,15H,8-9,11H2,1-2H3,(H,21,24). The lowest BCUT2D eigenvalue weighted by molar-refractivity contribution is 0.102. The highest BCUT2D eigenvalue weighted by Gasteiger charge is 2.32. The molecule has 1 saturated heterocycles. The van der Waals surface area contributed by atoms with Crippen molar-refractivity contribution in [2.45, 2.75) is 26.3 Å². The summed E-state index contributed by atoms with van der Waals surface area (Å²) in [6.07, 6.45) is 1.91. The first kappa shape index (κ1) is 18.4. The van der Waals surface area contributed by atoms with Crippen molar-refractivity contribution in [2.75, 3.05) is 16.8 Å². The number of aromatic nitrogens is 3. The Morgan fingerprint density at radius 3 is 2.68 bits per heavy atom. The zero-order chi connectivity index (χ0) is 19.9. The van der Waals surface area contributed by atoms with Gasteiger partial charge in [0.1, 0.15) is 5.56 Å². The number of nitrogens with zero attached hydrogens (tertiary/aromatic N) is 3. The number of hydrogen-bond acceptors (Lipinski definition) is 6. The highest BCUT2D eigenvalue weighted by atomic mass is 32.2. The van der Waals surface area contributed by atoms with Crippen LogP contribution in [0.5, 0.6) is 0 Å². The topological polar surface area (TPSA) is 107 Å². The van der Waals surface area contributed by atoms with Gasteiger partial charge in [-0.2, -0.15) is 5.10 Å². The van der Waals surface area contributed by atoms with E-state index in [1.807, 2.05) is 37.3 Å². The van der Waals surface area contributed by atoms with Gasteiger partial charge in [0.25, 0.3) is 5.91 Å². The van der Waals surface area contributed by atoms with Crippen LogP contribution < -0.4 is 5.32 Å². The van der Waals surface area contributed by atoms with Gasteiger partial charge in [-0.3, -0.25) is 9.48 Å². The first-order valence-corrected chi connectivity index (χ1v) is 10.8. The van der Waals surface area contributed by atoms with Gasteiger partial charge in [0.2, 0.25) is 0 Å². The lowest BCUT2D eigenvalue weighted by atomic mass is 10.1. The Hall–Kier alpha value is -2.94. The van der Waals surface area contributed by atoms with E-state index in [0.717, 1.165) is 11.3 Å². The summed E-state index contributed by atoms with van der Waals surface area (Å²) in [4.78, 5) is 12.9. The molecule has 1 fully saturated rings. The van der Waals surface area contributed by atoms with E-state index in [1.165, 1.54) is 6.20 Å². The molecule has 2 aromatic heterocycles. The molecule has 0 saturated carbocycles. The van der Waals surface area contributed by atoms with Crippen molar-refractivity contribution in [3.8, 4) is 11.3 Å². The van der Waals surface area contributed by atoms with Crippen LogP contribution in [0, 0.1) is 13.8 Å². The molecule has 1 atom stereocenters. The molecular weight excluding hydrogens is 380 g/mol. The highest BCUT2D eigenvalue weighted by Crippen LogP contribution is 2.30. The van der Waals surface area contributed by atoms with Crippen LogP contribution in [0.2, 0.25) is 0 Å². The maximum absolute atomic E-state index is 12.9. The molecule has 0 bridgehead atoms. The van der Waals surface area contributed by atoms with Crippen molar-refractivity contribution in [1.29, 1.82) is 0 Å². The maximum atomic E-state index is 12.9. The molecule has 0 radical (unpaired) electrons. The molecule has 3 heterocycles. The van der Waals surface area contributed by atoms with Crippen molar-refractivity contribution < 1.29 is 17.7 Å². The molecule has 3 aromatic rings. The number of carbonyl (C=O) groups excluding carboxylic acids is 1. The van der Waals surface area contributed by atoms with Crippen LogP contribution in [-0.2, 0) is 9.84 Å². The number of benzene rings is 1. The average molecular weight is 400 g/mol. The zero-order valence-corrected chi connectivity index (χ0v) is 16.4.